The zero-order valence-corrected chi connectivity index (χ0v) is 13.5. The van der Waals surface area contributed by atoms with E-state index in [9.17, 15) is 19.7 Å². The van der Waals surface area contributed by atoms with Crippen molar-refractivity contribution in [3.63, 3.8) is 0 Å². The van der Waals surface area contributed by atoms with Crippen LogP contribution in [-0.2, 0) is 14.3 Å². The van der Waals surface area contributed by atoms with Crippen LogP contribution >= 0.6 is 0 Å². The molecule has 0 aliphatic rings. The summed E-state index contributed by atoms with van der Waals surface area (Å²) in [5, 5.41) is 13.3. The fourth-order valence-corrected chi connectivity index (χ4v) is 1.65. The summed E-state index contributed by atoms with van der Waals surface area (Å²) in [6.45, 7) is 3.18. The quantitative estimate of drug-likeness (QED) is 0.270. The summed E-state index contributed by atoms with van der Waals surface area (Å²) in [5.74, 6) is -1.07. The molecule has 0 aromatic heterocycles. The van der Waals surface area contributed by atoms with Crippen LogP contribution in [0.15, 0.2) is 42.5 Å². The van der Waals surface area contributed by atoms with Crippen LogP contribution < -0.4 is 10.1 Å². The zero-order valence-electron chi connectivity index (χ0n) is 13.5. The van der Waals surface area contributed by atoms with Gasteiger partial charge in [-0.2, -0.15) is 0 Å². The Balaban J connectivity index is 2.81. The first-order valence-electron chi connectivity index (χ1n) is 7.02. The lowest BCUT2D eigenvalue weighted by Crippen LogP contribution is -2.29. The summed E-state index contributed by atoms with van der Waals surface area (Å²) in [6.07, 6.45) is 4.94. The maximum absolute atomic E-state index is 12.1. The van der Waals surface area contributed by atoms with E-state index in [1.165, 1.54) is 38.3 Å². The van der Waals surface area contributed by atoms with E-state index in [-0.39, 0.29) is 17.1 Å². The van der Waals surface area contributed by atoms with Crippen LogP contribution in [0.25, 0.3) is 0 Å². The van der Waals surface area contributed by atoms with Gasteiger partial charge in [-0.25, -0.2) is 4.79 Å². The van der Waals surface area contributed by atoms with Gasteiger partial charge in [0.25, 0.3) is 11.6 Å². The Hall–Kier alpha value is -3.16. The lowest BCUT2D eigenvalue weighted by molar-refractivity contribution is -0.384. The first kappa shape index (κ1) is 18.9. The zero-order chi connectivity index (χ0) is 18.1. The van der Waals surface area contributed by atoms with Gasteiger partial charge in [-0.05, 0) is 19.9 Å². The minimum Gasteiger partial charge on any atom is -0.495 e. The second kappa shape index (κ2) is 9.09. The highest BCUT2D eigenvalue weighted by molar-refractivity contribution is 5.97. The topological polar surface area (TPSA) is 108 Å². The van der Waals surface area contributed by atoms with Gasteiger partial charge in [-0.3, -0.25) is 14.9 Å². The number of ether oxygens (including phenoxy) is 2. The molecule has 0 bridgehead atoms. The number of anilines is 1. The number of benzene rings is 1. The average Bonchev–Trinajstić information content (AvgIpc) is 2.54. The largest absolute Gasteiger partial charge is 0.495 e. The van der Waals surface area contributed by atoms with Gasteiger partial charge in [-0.15, -0.1) is 0 Å². The maximum atomic E-state index is 12.1. The average molecular weight is 334 g/mol. The van der Waals surface area contributed by atoms with Crippen molar-refractivity contribution in [2.75, 3.05) is 12.4 Å². The van der Waals surface area contributed by atoms with Crippen LogP contribution in [0.2, 0.25) is 0 Å². The molecule has 1 amide bonds. The molecule has 8 heteroatoms. The molecule has 8 nitrogen and oxygen atoms in total. The standard InChI is InChI=1S/C16H18N2O6/c1-4-5-6-7-15(19)24-11(2)16(20)17-13-10-12(18(21)22)8-9-14(13)23-3/h4-11H,1-3H3,(H,17,20)/b5-4+,7-6+/t11-/m1/s1. The number of non-ortho nitro benzene ring substituents is 1. The molecule has 1 N–H and O–H groups in total. The number of allylic oxidation sites excluding steroid dienone is 3. The van der Waals surface area contributed by atoms with E-state index < -0.39 is 22.9 Å². The summed E-state index contributed by atoms with van der Waals surface area (Å²) >= 11 is 0. The predicted molar refractivity (Wildman–Crippen MR) is 87.8 cm³/mol. The number of esters is 1. The summed E-state index contributed by atoms with van der Waals surface area (Å²) in [6, 6.07) is 3.78. The number of carbonyl (C=O) groups excluding carboxylic acids is 2. The smallest absolute Gasteiger partial charge is 0.331 e. The molecule has 0 fully saturated rings. The molecular formula is C16H18N2O6. The molecule has 1 atom stereocenters. The number of rotatable bonds is 7. The van der Waals surface area contributed by atoms with E-state index in [1.54, 1.807) is 19.1 Å². The highest BCUT2D eigenvalue weighted by Crippen LogP contribution is 2.29. The van der Waals surface area contributed by atoms with Crippen molar-refractivity contribution in [3.05, 3.63) is 52.6 Å². The Kier molecular flexibility index (Phi) is 7.15. The number of hydrogen-bond acceptors (Lipinski definition) is 6. The lowest BCUT2D eigenvalue weighted by atomic mass is 10.2. The van der Waals surface area contributed by atoms with Crippen LogP contribution in [-0.4, -0.2) is 30.0 Å². The normalized spacial score (nSPS) is 12.1. The molecule has 1 rings (SSSR count). The minimum atomic E-state index is -1.09. The van der Waals surface area contributed by atoms with Crippen LogP contribution in [0.1, 0.15) is 13.8 Å². The first-order valence-corrected chi connectivity index (χ1v) is 7.02. The SMILES string of the molecule is C/C=C/C=C/C(=O)O[C@H](C)C(=O)Nc1cc([N+](=O)[O-])ccc1OC. The van der Waals surface area contributed by atoms with E-state index in [0.717, 1.165) is 6.07 Å². The molecule has 0 saturated carbocycles. The Morgan fingerprint density at radius 3 is 2.62 bits per heavy atom. The minimum absolute atomic E-state index is 0.115. The third-order valence-electron chi connectivity index (χ3n) is 2.85. The van der Waals surface area contributed by atoms with Crippen molar-refractivity contribution in [1.82, 2.24) is 0 Å². The number of amides is 1. The molecule has 0 radical (unpaired) electrons. The van der Waals surface area contributed by atoms with Gasteiger partial charge in [0.15, 0.2) is 6.10 Å². The van der Waals surface area contributed by atoms with Crippen LogP contribution in [0.3, 0.4) is 0 Å². The third kappa shape index (κ3) is 5.56. The highest BCUT2D eigenvalue weighted by atomic mass is 16.6. The number of nitrogens with one attached hydrogen (secondary N) is 1. The predicted octanol–water partition coefficient (Wildman–Crippen LogP) is 2.61. The molecule has 0 heterocycles. The van der Waals surface area contributed by atoms with Crippen LogP contribution in [0.5, 0.6) is 5.75 Å². The van der Waals surface area contributed by atoms with E-state index in [2.05, 4.69) is 5.32 Å². The number of methoxy groups -OCH3 is 1. The second-order valence-electron chi connectivity index (χ2n) is 4.59. The van der Waals surface area contributed by atoms with E-state index in [0.29, 0.717) is 0 Å². The van der Waals surface area contributed by atoms with Crippen molar-refractivity contribution in [2.24, 2.45) is 0 Å². The number of nitro benzene ring substituents is 1. The summed E-state index contributed by atoms with van der Waals surface area (Å²) in [7, 11) is 1.37. The van der Waals surface area contributed by atoms with Gasteiger partial charge in [0, 0.05) is 18.2 Å². The van der Waals surface area contributed by atoms with Gasteiger partial charge in [0.1, 0.15) is 5.75 Å². The van der Waals surface area contributed by atoms with E-state index in [1.807, 2.05) is 0 Å². The Labute approximate surface area is 138 Å². The van der Waals surface area contributed by atoms with Crippen LogP contribution in [0, 0.1) is 10.1 Å². The molecule has 0 saturated heterocycles. The van der Waals surface area contributed by atoms with Crippen molar-refractivity contribution < 1.29 is 24.0 Å². The third-order valence-corrected chi connectivity index (χ3v) is 2.85. The summed E-state index contributed by atoms with van der Waals surface area (Å²) in [4.78, 5) is 33.8. The maximum Gasteiger partial charge on any atom is 0.331 e. The van der Waals surface area contributed by atoms with Crippen molar-refractivity contribution >= 4 is 23.3 Å². The van der Waals surface area contributed by atoms with Crippen LogP contribution in [0.4, 0.5) is 11.4 Å². The monoisotopic (exact) mass is 334 g/mol. The molecule has 0 aliphatic heterocycles. The van der Waals surface area contributed by atoms with Gasteiger partial charge in [0.2, 0.25) is 0 Å². The molecule has 0 unspecified atom stereocenters. The Bertz CT molecular complexity index is 681. The molecule has 1 aromatic rings. The van der Waals surface area contributed by atoms with E-state index >= 15 is 0 Å². The van der Waals surface area contributed by atoms with Gasteiger partial charge in [0.05, 0.1) is 17.7 Å². The number of nitro groups is 1. The number of nitrogens with zero attached hydrogens (tertiary/aromatic N) is 1. The molecule has 0 aliphatic carbocycles. The number of hydrogen-bond donors (Lipinski definition) is 1. The summed E-state index contributed by atoms with van der Waals surface area (Å²) in [5.41, 5.74) is -0.0888. The Morgan fingerprint density at radius 1 is 1.33 bits per heavy atom. The fourth-order valence-electron chi connectivity index (χ4n) is 1.65. The second-order valence-corrected chi connectivity index (χ2v) is 4.59. The summed E-state index contributed by atoms with van der Waals surface area (Å²) < 4.78 is 9.98. The van der Waals surface area contributed by atoms with Crippen molar-refractivity contribution in [3.8, 4) is 5.75 Å². The van der Waals surface area contributed by atoms with E-state index in [4.69, 9.17) is 9.47 Å². The number of carbonyl (C=O) groups is 2. The Morgan fingerprint density at radius 2 is 2.04 bits per heavy atom. The van der Waals surface area contributed by atoms with Gasteiger partial charge >= 0.3 is 5.97 Å². The molecule has 0 spiro atoms. The fraction of sp³-hybridized carbons (Fsp3) is 0.250. The molecule has 128 valence electrons. The molecule has 24 heavy (non-hydrogen) atoms. The van der Waals surface area contributed by atoms with Crippen molar-refractivity contribution in [2.45, 2.75) is 20.0 Å². The lowest BCUT2D eigenvalue weighted by Gasteiger charge is -2.14. The van der Waals surface area contributed by atoms with Gasteiger partial charge in [-0.1, -0.05) is 18.2 Å². The molecular weight excluding hydrogens is 316 g/mol. The highest BCUT2D eigenvalue weighted by Gasteiger charge is 2.20. The molecule has 1 aromatic carbocycles. The first-order chi connectivity index (χ1) is 11.4. The van der Waals surface area contributed by atoms with Crippen molar-refractivity contribution in [1.29, 1.82) is 0 Å². The van der Waals surface area contributed by atoms with Gasteiger partial charge < -0.3 is 14.8 Å².